The number of hydrogen-bond donors (Lipinski definition) is 2. The topological polar surface area (TPSA) is 125 Å². The molecule has 3 heterocycles. The van der Waals surface area contributed by atoms with Crippen LogP contribution in [0.2, 0.25) is 0 Å². The van der Waals surface area contributed by atoms with Crippen LogP contribution < -0.4 is 15.5 Å². The molecule has 0 aliphatic carbocycles. The largest absolute Gasteiger partial charge is 0.361 e. The summed E-state index contributed by atoms with van der Waals surface area (Å²) in [5.41, 5.74) is 2.27. The lowest BCUT2D eigenvalue weighted by atomic mass is 10.0. The van der Waals surface area contributed by atoms with Gasteiger partial charge < -0.3 is 15.1 Å². The van der Waals surface area contributed by atoms with Crippen LogP contribution in [0.25, 0.3) is 0 Å². The molecule has 0 radical (unpaired) electrons. The van der Waals surface area contributed by atoms with Gasteiger partial charge >= 0.3 is 0 Å². The number of anilines is 1. The fourth-order valence-corrected chi connectivity index (χ4v) is 3.67. The van der Waals surface area contributed by atoms with Gasteiger partial charge in [-0.1, -0.05) is 12.1 Å². The maximum atomic E-state index is 12.9. The van der Waals surface area contributed by atoms with E-state index in [1.54, 1.807) is 23.1 Å². The van der Waals surface area contributed by atoms with E-state index in [1.165, 1.54) is 4.90 Å². The van der Waals surface area contributed by atoms with E-state index >= 15 is 0 Å². The van der Waals surface area contributed by atoms with E-state index in [4.69, 9.17) is 0 Å². The lowest BCUT2D eigenvalue weighted by molar-refractivity contribution is -0.136. The van der Waals surface area contributed by atoms with Gasteiger partial charge in [0.1, 0.15) is 6.04 Å². The van der Waals surface area contributed by atoms with Crippen LogP contribution in [0.15, 0.2) is 30.3 Å². The Morgan fingerprint density at radius 3 is 2.68 bits per heavy atom. The van der Waals surface area contributed by atoms with E-state index in [0.29, 0.717) is 24.3 Å². The molecule has 2 aliphatic heterocycles. The minimum Gasteiger partial charge on any atom is -0.361 e. The highest BCUT2D eigenvalue weighted by atomic mass is 16.2. The van der Waals surface area contributed by atoms with E-state index in [0.717, 1.165) is 11.1 Å². The number of hydrogen-bond acceptors (Lipinski definition) is 7. The first-order chi connectivity index (χ1) is 14.8. The number of piperidine rings is 1. The number of aromatic nitrogens is 2. The molecule has 1 aromatic carbocycles. The molecule has 160 valence electrons. The van der Waals surface area contributed by atoms with E-state index in [1.807, 2.05) is 26.2 Å². The quantitative estimate of drug-likeness (QED) is 0.661. The molecule has 31 heavy (non-hydrogen) atoms. The summed E-state index contributed by atoms with van der Waals surface area (Å²) in [5, 5.41) is 13.0. The molecule has 2 N–H and O–H groups in total. The van der Waals surface area contributed by atoms with Gasteiger partial charge in [-0.25, -0.2) is 0 Å². The molecule has 2 aliphatic rings. The second-order valence-electron chi connectivity index (χ2n) is 7.75. The van der Waals surface area contributed by atoms with Crippen LogP contribution in [0.5, 0.6) is 0 Å². The molecule has 1 aromatic heterocycles. The summed E-state index contributed by atoms with van der Waals surface area (Å²) in [6.45, 7) is 0.538. The minimum absolute atomic E-state index is 0.201. The number of rotatable bonds is 5. The Morgan fingerprint density at radius 2 is 2.00 bits per heavy atom. The first-order valence-corrected chi connectivity index (χ1v) is 9.89. The maximum Gasteiger partial charge on any atom is 0.272 e. The fourth-order valence-electron chi connectivity index (χ4n) is 3.67. The van der Waals surface area contributed by atoms with Gasteiger partial charge in [0.15, 0.2) is 11.5 Å². The van der Waals surface area contributed by atoms with Crippen molar-refractivity contribution in [3.8, 4) is 0 Å². The number of benzene rings is 1. The van der Waals surface area contributed by atoms with Crippen LogP contribution in [0.3, 0.4) is 0 Å². The monoisotopic (exact) mass is 422 g/mol. The van der Waals surface area contributed by atoms with Crippen LogP contribution in [-0.2, 0) is 22.7 Å². The van der Waals surface area contributed by atoms with E-state index in [9.17, 15) is 19.2 Å². The number of amides is 4. The average molecular weight is 422 g/mol. The average Bonchev–Trinajstić information content (AvgIpc) is 3.08. The van der Waals surface area contributed by atoms with Crippen molar-refractivity contribution in [1.82, 2.24) is 25.7 Å². The zero-order valence-electron chi connectivity index (χ0n) is 17.2. The van der Waals surface area contributed by atoms with Crippen molar-refractivity contribution >= 4 is 29.4 Å². The molecular formula is C21H22N6O4. The van der Waals surface area contributed by atoms with Crippen molar-refractivity contribution in [2.24, 2.45) is 0 Å². The number of carbonyl (C=O) groups is 4. The SMILES string of the molecule is CN(C)c1ccc(C(=O)NCc2ccc3c(c2)C(=O)N(C2CCC(=O)NC2=O)C3)nn1. The lowest BCUT2D eigenvalue weighted by Gasteiger charge is -2.29. The summed E-state index contributed by atoms with van der Waals surface area (Å²) in [6, 6.07) is 8.05. The van der Waals surface area contributed by atoms with Crippen molar-refractivity contribution < 1.29 is 19.2 Å². The Bertz CT molecular complexity index is 1070. The smallest absolute Gasteiger partial charge is 0.272 e. The van der Waals surface area contributed by atoms with Gasteiger partial charge in [0.05, 0.1) is 0 Å². The zero-order valence-corrected chi connectivity index (χ0v) is 17.2. The van der Waals surface area contributed by atoms with Crippen molar-refractivity contribution in [3.63, 3.8) is 0 Å². The van der Waals surface area contributed by atoms with Gasteiger partial charge in [-0.05, 0) is 35.7 Å². The molecule has 0 spiro atoms. The Balaban J connectivity index is 1.41. The third-order valence-electron chi connectivity index (χ3n) is 5.39. The predicted molar refractivity (Wildman–Crippen MR) is 110 cm³/mol. The molecule has 10 nitrogen and oxygen atoms in total. The Hall–Kier alpha value is -3.82. The number of imide groups is 1. The molecule has 0 bridgehead atoms. The molecular weight excluding hydrogens is 400 g/mol. The van der Waals surface area contributed by atoms with Gasteiger partial charge in [-0.2, -0.15) is 0 Å². The second kappa shape index (κ2) is 8.13. The van der Waals surface area contributed by atoms with Crippen LogP contribution in [0.1, 0.15) is 44.8 Å². The van der Waals surface area contributed by atoms with Gasteiger partial charge in [0, 0.05) is 39.2 Å². The molecule has 1 atom stereocenters. The highest BCUT2D eigenvalue weighted by Crippen LogP contribution is 2.28. The molecule has 4 rings (SSSR count). The van der Waals surface area contributed by atoms with Gasteiger partial charge in [0.25, 0.3) is 11.8 Å². The Kier molecular flexibility index (Phi) is 5.37. The Morgan fingerprint density at radius 1 is 1.19 bits per heavy atom. The second-order valence-corrected chi connectivity index (χ2v) is 7.75. The number of carbonyl (C=O) groups excluding carboxylic acids is 4. The molecule has 4 amide bonds. The number of fused-ring (bicyclic) bond motifs is 1. The van der Waals surface area contributed by atoms with Crippen molar-refractivity contribution in [1.29, 1.82) is 0 Å². The van der Waals surface area contributed by atoms with E-state index < -0.39 is 11.9 Å². The standard InChI is InChI=1S/C21H22N6O4/c1-26(2)17-7-5-15(24-25-17)19(29)22-10-12-3-4-13-11-27(21(31)14(13)9-12)16-6-8-18(28)23-20(16)30/h3-5,7,9,16H,6,8,10-11H2,1-2H3,(H,22,29)(H,23,28,30). The van der Waals surface area contributed by atoms with Crippen LogP contribution >= 0.6 is 0 Å². The van der Waals surface area contributed by atoms with Crippen molar-refractivity contribution in [2.75, 3.05) is 19.0 Å². The molecule has 1 fully saturated rings. The summed E-state index contributed by atoms with van der Waals surface area (Å²) in [5.74, 6) is -0.720. The van der Waals surface area contributed by atoms with Gasteiger partial charge in [-0.15, -0.1) is 10.2 Å². The number of nitrogens with one attached hydrogen (secondary N) is 2. The van der Waals surface area contributed by atoms with Crippen molar-refractivity contribution in [3.05, 3.63) is 52.7 Å². The van der Waals surface area contributed by atoms with Crippen LogP contribution in [0, 0.1) is 0 Å². The summed E-state index contributed by atoms with van der Waals surface area (Å²) in [7, 11) is 3.67. The summed E-state index contributed by atoms with van der Waals surface area (Å²) in [4.78, 5) is 52.0. The summed E-state index contributed by atoms with van der Waals surface area (Å²) in [6.07, 6.45) is 0.535. The van der Waals surface area contributed by atoms with Crippen LogP contribution in [0.4, 0.5) is 5.82 Å². The number of nitrogens with zero attached hydrogens (tertiary/aromatic N) is 4. The molecule has 0 saturated carbocycles. The van der Waals surface area contributed by atoms with Crippen LogP contribution in [-0.4, -0.2) is 58.9 Å². The first-order valence-electron chi connectivity index (χ1n) is 9.89. The third-order valence-corrected chi connectivity index (χ3v) is 5.39. The fraction of sp³-hybridized carbons (Fsp3) is 0.333. The maximum absolute atomic E-state index is 12.9. The molecule has 1 saturated heterocycles. The minimum atomic E-state index is -0.649. The molecule has 2 aromatic rings. The predicted octanol–water partition coefficient (Wildman–Crippen LogP) is 0.234. The third kappa shape index (κ3) is 4.09. The van der Waals surface area contributed by atoms with E-state index in [2.05, 4.69) is 20.8 Å². The highest BCUT2D eigenvalue weighted by Gasteiger charge is 2.39. The highest BCUT2D eigenvalue weighted by molar-refractivity contribution is 6.05. The molecule has 1 unspecified atom stereocenters. The lowest BCUT2D eigenvalue weighted by Crippen LogP contribution is -2.52. The summed E-state index contributed by atoms with van der Waals surface area (Å²) < 4.78 is 0. The normalized spacial score (nSPS) is 17.9. The molecule has 10 heteroatoms. The zero-order chi connectivity index (χ0) is 22.1. The van der Waals surface area contributed by atoms with E-state index in [-0.39, 0.29) is 36.4 Å². The van der Waals surface area contributed by atoms with Gasteiger partial charge in [-0.3, -0.25) is 24.5 Å². The van der Waals surface area contributed by atoms with Gasteiger partial charge in [0.2, 0.25) is 11.8 Å². The van der Waals surface area contributed by atoms with Crippen molar-refractivity contribution in [2.45, 2.75) is 32.0 Å². The Labute approximate surface area is 178 Å². The first kappa shape index (κ1) is 20.5. The summed E-state index contributed by atoms with van der Waals surface area (Å²) >= 11 is 0.